The molecular weight excluding hydrogens is 488 g/mol. The van der Waals surface area contributed by atoms with Crippen LogP contribution in [0.15, 0.2) is 34.4 Å². The van der Waals surface area contributed by atoms with Gasteiger partial charge < -0.3 is 29.5 Å². The normalized spacial score (nSPS) is 29.7. The topological polar surface area (TPSA) is 174 Å². The quantitative estimate of drug-likeness (QED) is 0.179. The van der Waals surface area contributed by atoms with Gasteiger partial charge in [-0.2, -0.15) is 0 Å². The van der Waals surface area contributed by atoms with Gasteiger partial charge in [-0.05, 0) is 25.2 Å². The lowest BCUT2D eigenvalue weighted by Gasteiger charge is -2.30. The van der Waals surface area contributed by atoms with Crippen LogP contribution in [0.5, 0.6) is 0 Å². The van der Waals surface area contributed by atoms with E-state index in [9.17, 15) is 39.3 Å². The van der Waals surface area contributed by atoms with E-state index in [-0.39, 0.29) is 42.4 Å². The van der Waals surface area contributed by atoms with E-state index >= 15 is 0 Å². The van der Waals surface area contributed by atoms with Crippen LogP contribution in [0.2, 0.25) is 0 Å². The Balaban J connectivity index is 1.78. The summed E-state index contributed by atoms with van der Waals surface area (Å²) in [6, 6.07) is 0. The lowest BCUT2D eigenvalue weighted by molar-refractivity contribution is -0.154. The van der Waals surface area contributed by atoms with E-state index in [0.717, 1.165) is 19.3 Å². The Morgan fingerprint density at radius 3 is 2.14 bits per heavy atom. The highest BCUT2D eigenvalue weighted by molar-refractivity contribution is 6.15. The third kappa shape index (κ3) is 5.29. The van der Waals surface area contributed by atoms with Crippen molar-refractivity contribution in [2.75, 3.05) is 0 Å². The molecule has 6 atom stereocenters. The summed E-state index contributed by atoms with van der Waals surface area (Å²) >= 11 is 0. The number of aliphatic hydroxyl groups is 3. The first-order chi connectivity index (χ1) is 17.6. The predicted octanol–water partition coefficient (Wildman–Crippen LogP) is 0.697. The van der Waals surface area contributed by atoms with E-state index in [1.165, 1.54) is 12.2 Å². The minimum absolute atomic E-state index is 0.155. The molecule has 0 bridgehead atoms. The van der Waals surface area contributed by atoms with Gasteiger partial charge in [0.15, 0.2) is 0 Å². The Kier molecular flexibility index (Phi) is 8.05. The molecular formula is C26H30O11. The van der Waals surface area contributed by atoms with Gasteiger partial charge in [-0.3, -0.25) is 0 Å². The molecule has 0 saturated carbocycles. The fraction of sp³-hybridized carbons (Fsp3) is 0.577. The van der Waals surface area contributed by atoms with Crippen molar-refractivity contribution in [1.82, 2.24) is 0 Å². The van der Waals surface area contributed by atoms with Crippen LogP contribution in [0.4, 0.5) is 0 Å². The lowest BCUT2D eigenvalue weighted by atomic mass is 9.80. The molecule has 3 aliphatic heterocycles. The molecule has 11 heteroatoms. The molecule has 0 fully saturated rings. The van der Waals surface area contributed by atoms with Gasteiger partial charge in [-0.15, -0.1) is 0 Å². The fourth-order valence-corrected chi connectivity index (χ4v) is 5.48. The van der Waals surface area contributed by atoms with Gasteiger partial charge in [0.05, 0.1) is 35.0 Å². The molecule has 0 amide bonds. The number of ether oxygens (including phenoxy) is 3. The maximum absolute atomic E-state index is 12.8. The van der Waals surface area contributed by atoms with Crippen LogP contribution < -0.4 is 0 Å². The molecule has 1 aliphatic carbocycles. The molecule has 3 N–H and O–H groups in total. The SMILES string of the molecule is CCCCCC[C@H](O)[C@@H]1C2=C(C[C@H]([C@H](O)[C@@H]3CC=CC(=O)O3)CC3=C(C(=O)OC3=O)[C@@H]1O)C(=O)OC2=O. The van der Waals surface area contributed by atoms with Crippen molar-refractivity contribution in [3.63, 3.8) is 0 Å². The third-order valence-corrected chi connectivity index (χ3v) is 7.38. The van der Waals surface area contributed by atoms with Crippen molar-refractivity contribution in [1.29, 1.82) is 0 Å². The number of cyclic esters (lactones) is 5. The maximum atomic E-state index is 12.8. The summed E-state index contributed by atoms with van der Waals surface area (Å²) in [7, 11) is 0. The van der Waals surface area contributed by atoms with E-state index < -0.39 is 71.7 Å². The highest BCUT2D eigenvalue weighted by atomic mass is 16.6. The minimum atomic E-state index is -1.84. The van der Waals surface area contributed by atoms with Crippen molar-refractivity contribution in [2.24, 2.45) is 11.8 Å². The third-order valence-electron chi connectivity index (χ3n) is 7.38. The molecule has 0 saturated heterocycles. The van der Waals surface area contributed by atoms with E-state index in [0.29, 0.717) is 6.42 Å². The van der Waals surface area contributed by atoms with E-state index in [2.05, 4.69) is 0 Å². The van der Waals surface area contributed by atoms with Crippen LogP contribution in [0.25, 0.3) is 0 Å². The molecule has 0 spiro atoms. The average molecular weight is 519 g/mol. The van der Waals surface area contributed by atoms with Crippen molar-refractivity contribution >= 4 is 29.8 Å². The monoisotopic (exact) mass is 518 g/mol. The molecule has 0 aromatic heterocycles. The maximum Gasteiger partial charge on any atom is 0.345 e. The van der Waals surface area contributed by atoms with Crippen LogP contribution in [0.3, 0.4) is 0 Å². The second kappa shape index (κ2) is 11.1. The predicted molar refractivity (Wildman–Crippen MR) is 123 cm³/mol. The first kappa shape index (κ1) is 26.9. The van der Waals surface area contributed by atoms with E-state index in [1.807, 2.05) is 6.92 Å². The number of rotatable bonds is 8. The Labute approximate surface area is 212 Å². The molecule has 0 unspecified atom stereocenters. The van der Waals surface area contributed by atoms with Crippen LogP contribution in [0.1, 0.15) is 58.3 Å². The van der Waals surface area contributed by atoms with Gasteiger partial charge in [-0.1, -0.05) is 38.7 Å². The molecule has 0 radical (unpaired) electrons. The highest BCUT2D eigenvalue weighted by Gasteiger charge is 2.51. The molecule has 4 rings (SSSR count). The lowest BCUT2D eigenvalue weighted by Crippen LogP contribution is -2.39. The molecule has 4 aliphatic rings. The molecule has 0 aromatic rings. The van der Waals surface area contributed by atoms with Crippen LogP contribution >= 0.6 is 0 Å². The highest BCUT2D eigenvalue weighted by Crippen LogP contribution is 2.43. The van der Waals surface area contributed by atoms with Crippen molar-refractivity contribution in [3.8, 4) is 0 Å². The molecule has 200 valence electrons. The number of carbonyl (C=O) groups is 5. The van der Waals surface area contributed by atoms with E-state index in [1.54, 1.807) is 0 Å². The zero-order valence-electron chi connectivity index (χ0n) is 20.4. The average Bonchev–Trinajstić information content (AvgIpc) is 3.30. The Morgan fingerprint density at radius 2 is 1.51 bits per heavy atom. The van der Waals surface area contributed by atoms with Crippen LogP contribution in [-0.4, -0.2) is 69.6 Å². The second-order valence-corrected chi connectivity index (χ2v) is 9.80. The second-order valence-electron chi connectivity index (χ2n) is 9.80. The number of hydrogen-bond donors (Lipinski definition) is 3. The largest absolute Gasteiger partial charge is 0.456 e. The van der Waals surface area contributed by atoms with Gasteiger partial charge in [0.2, 0.25) is 0 Å². The van der Waals surface area contributed by atoms with Crippen LogP contribution in [-0.2, 0) is 38.2 Å². The first-order valence-electron chi connectivity index (χ1n) is 12.5. The van der Waals surface area contributed by atoms with Crippen LogP contribution in [0, 0.1) is 11.8 Å². The number of esters is 5. The number of carbonyl (C=O) groups excluding carboxylic acids is 5. The fourth-order valence-electron chi connectivity index (χ4n) is 5.48. The van der Waals surface area contributed by atoms with Gasteiger partial charge in [0.1, 0.15) is 6.10 Å². The van der Waals surface area contributed by atoms with Crippen molar-refractivity contribution in [2.45, 2.75) is 82.7 Å². The van der Waals surface area contributed by atoms with Crippen molar-refractivity contribution in [3.05, 3.63) is 34.4 Å². The summed E-state index contributed by atoms with van der Waals surface area (Å²) in [5.74, 6) is -7.33. The summed E-state index contributed by atoms with van der Waals surface area (Å²) < 4.78 is 14.8. The minimum Gasteiger partial charge on any atom is -0.456 e. The smallest absolute Gasteiger partial charge is 0.345 e. The molecule has 37 heavy (non-hydrogen) atoms. The first-order valence-corrected chi connectivity index (χ1v) is 12.5. The van der Waals surface area contributed by atoms with Gasteiger partial charge in [0.25, 0.3) is 0 Å². The number of aliphatic hydroxyl groups excluding tert-OH is 3. The number of unbranched alkanes of at least 4 members (excludes halogenated alkanes) is 3. The summed E-state index contributed by atoms with van der Waals surface area (Å²) in [5.41, 5.74) is -1.10. The Hall–Kier alpha value is -3.15. The summed E-state index contributed by atoms with van der Waals surface area (Å²) in [6.45, 7) is 2.02. The number of hydrogen-bond acceptors (Lipinski definition) is 11. The molecule has 11 nitrogen and oxygen atoms in total. The Bertz CT molecular complexity index is 1100. The summed E-state index contributed by atoms with van der Waals surface area (Å²) in [5, 5.41) is 33.6. The van der Waals surface area contributed by atoms with Gasteiger partial charge in [-0.25, -0.2) is 24.0 Å². The molecule has 0 aromatic carbocycles. The Morgan fingerprint density at radius 1 is 0.892 bits per heavy atom. The van der Waals surface area contributed by atoms with Gasteiger partial charge in [0, 0.05) is 24.0 Å². The van der Waals surface area contributed by atoms with E-state index in [4.69, 9.17) is 14.2 Å². The zero-order valence-corrected chi connectivity index (χ0v) is 20.4. The summed E-state index contributed by atoms with van der Waals surface area (Å²) in [6.07, 6.45) is 0.0132. The molecule has 3 heterocycles. The van der Waals surface area contributed by atoms with Crippen molar-refractivity contribution < 1.29 is 53.5 Å². The van der Waals surface area contributed by atoms with Gasteiger partial charge >= 0.3 is 29.8 Å². The summed E-state index contributed by atoms with van der Waals surface area (Å²) in [4.78, 5) is 62.6. The standard InChI is InChI=1S/C26H30O11/c1-2-3-4-5-7-15(27)20-18-13(23(31)36-25(18)33)10-12(21(29)16-8-6-9-17(28)35-16)11-14-19(22(20)30)26(34)37-24(14)32/h6,9,12,15-16,20-22,27,29-30H,2-5,7-8,10-11H2,1H3/t12-,15-,16-,20+,21-,22-/m0/s1. The zero-order chi connectivity index (χ0) is 26.9.